The van der Waals surface area contributed by atoms with Gasteiger partial charge in [-0.1, -0.05) is 49.7 Å². The molecule has 1 unspecified atom stereocenters. The Balaban J connectivity index is 1.56. The lowest BCUT2D eigenvalue weighted by atomic mass is 9.77. The van der Waals surface area contributed by atoms with Gasteiger partial charge in [-0.15, -0.1) is 0 Å². The van der Waals surface area contributed by atoms with Crippen LogP contribution >= 0.6 is 0 Å². The van der Waals surface area contributed by atoms with Gasteiger partial charge in [-0.3, -0.25) is 0 Å². The summed E-state index contributed by atoms with van der Waals surface area (Å²) in [6.45, 7) is 9.17. The predicted molar refractivity (Wildman–Crippen MR) is 157 cm³/mol. The fourth-order valence-corrected chi connectivity index (χ4v) is 5.93. The third-order valence-electron chi connectivity index (χ3n) is 7.92. The van der Waals surface area contributed by atoms with Crippen LogP contribution in [0.2, 0.25) is 0 Å². The Morgan fingerprint density at radius 1 is 0.692 bits per heavy atom. The van der Waals surface area contributed by atoms with Crippen molar-refractivity contribution in [1.29, 1.82) is 0 Å². The van der Waals surface area contributed by atoms with Crippen LogP contribution in [0, 0.1) is 0 Å². The lowest BCUT2D eigenvalue weighted by Crippen LogP contribution is -2.33. The number of para-hydroxylation sites is 1. The van der Waals surface area contributed by atoms with E-state index in [0.29, 0.717) is 11.3 Å². The molecule has 0 N–H and O–H groups in total. The number of benzene rings is 4. The van der Waals surface area contributed by atoms with Gasteiger partial charge >= 0.3 is 5.97 Å². The number of carbonyl (C=O) groups is 1. The number of unbranched alkanes of at least 4 members (excludes halogenated alkanes) is 1. The third-order valence-corrected chi connectivity index (χ3v) is 7.92. The molecule has 2 aliphatic rings. The first-order valence-electron chi connectivity index (χ1n) is 14.0. The molecule has 2 heterocycles. The normalized spacial score (nSPS) is 16.6. The van der Waals surface area contributed by atoms with E-state index in [9.17, 15) is 4.79 Å². The fraction of sp³-hybridized carbons (Fsp3) is 0.265. The maximum absolute atomic E-state index is 13.3. The van der Waals surface area contributed by atoms with E-state index in [1.165, 1.54) is 0 Å². The van der Waals surface area contributed by atoms with Crippen LogP contribution in [0.3, 0.4) is 0 Å². The SMILES string of the molecule is CCCCN(c1ccccc1)c1ccc2c(c1)C1(OC(=O)c3ccccc31)c1ccc(N(CC)CC)cc1O2. The average Bonchev–Trinajstić information content (AvgIpc) is 3.27. The number of rotatable bonds is 8. The molecule has 5 heteroatoms. The molecule has 2 aliphatic heterocycles. The molecule has 1 atom stereocenters. The first kappa shape index (κ1) is 25.1. The van der Waals surface area contributed by atoms with E-state index in [1.807, 2.05) is 36.4 Å². The van der Waals surface area contributed by atoms with Crippen LogP contribution in [-0.2, 0) is 10.3 Å². The van der Waals surface area contributed by atoms with Crippen molar-refractivity contribution in [2.75, 3.05) is 29.4 Å². The topological polar surface area (TPSA) is 42.0 Å². The average molecular weight is 519 g/mol. The van der Waals surface area contributed by atoms with Crippen molar-refractivity contribution in [1.82, 2.24) is 0 Å². The van der Waals surface area contributed by atoms with Crippen molar-refractivity contribution < 1.29 is 14.3 Å². The van der Waals surface area contributed by atoms with E-state index in [2.05, 4.69) is 85.2 Å². The summed E-state index contributed by atoms with van der Waals surface area (Å²) in [6, 6.07) is 30.7. The minimum Gasteiger partial charge on any atom is -0.456 e. The van der Waals surface area contributed by atoms with E-state index in [-0.39, 0.29) is 5.97 Å². The van der Waals surface area contributed by atoms with E-state index in [1.54, 1.807) is 0 Å². The van der Waals surface area contributed by atoms with Crippen LogP contribution in [-0.4, -0.2) is 25.6 Å². The van der Waals surface area contributed by atoms with Gasteiger partial charge in [-0.2, -0.15) is 0 Å². The summed E-state index contributed by atoms with van der Waals surface area (Å²) in [6.07, 6.45) is 2.15. The quantitative estimate of drug-likeness (QED) is 0.221. The van der Waals surface area contributed by atoms with Gasteiger partial charge in [0.1, 0.15) is 11.5 Å². The molecule has 198 valence electrons. The third kappa shape index (κ3) is 4.04. The minimum absolute atomic E-state index is 0.312. The van der Waals surface area contributed by atoms with Crippen LogP contribution in [0.1, 0.15) is 60.7 Å². The van der Waals surface area contributed by atoms with Crippen molar-refractivity contribution in [2.24, 2.45) is 0 Å². The van der Waals surface area contributed by atoms with Gasteiger partial charge in [-0.25, -0.2) is 4.79 Å². The second kappa shape index (κ2) is 10.1. The Hall–Kier alpha value is -4.25. The monoisotopic (exact) mass is 518 g/mol. The lowest BCUT2D eigenvalue weighted by molar-refractivity contribution is 0.0224. The Kier molecular flexibility index (Phi) is 6.51. The van der Waals surface area contributed by atoms with Crippen LogP contribution in [0.15, 0.2) is 91.0 Å². The Morgan fingerprint density at radius 2 is 1.44 bits per heavy atom. The van der Waals surface area contributed by atoms with Crippen LogP contribution < -0.4 is 14.5 Å². The number of carbonyl (C=O) groups excluding carboxylic acids is 1. The predicted octanol–water partition coefficient (Wildman–Crippen LogP) is 8.04. The van der Waals surface area contributed by atoms with Gasteiger partial charge in [0, 0.05) is 59.5 Å². The molecule has 0 amide bonds. The zero-order valence-electron chi connectivity index (χ0n) is 22.8. The van der Waals surface area contributed by atoms with E-state index in [4.69, 9.17) is 9.47 Å². The molecule has 39 heavy (non-hydrogen) atoms. The molecule has 6 rings (SSSR count). The van der Waals surface area contributed by atoms with Crippen LogP contribution in [0.4, 0.5) is 17.1 Å². The summed E-state index contributed by atoms with van der Waals surface area (Å²) in [5, 5.41) is 0. The number of nitrogens with zero attached hydrogens (tertiary/aromatic N) is 2. The number of hydrogen-bond acceptors (Lipinski definition) is 5. The summed E-state index contributed by atoms with van der Waals surface area (Å²) in [5.41, 5.74) is 5.32. The molecular weight excluding hydrogens is 484 g/mol. The summed E-state index contributed by atoms with van der Waals surface area (Å²) in [5.74, 6) is 1.11. The van der Waals surface area contributed by atoms with Crippen LogP contribution in [0.25, 0.3) is 0 Å². The number of hydrogen-bond donors (Lipinski definition) is 0. The molecule has 0 fully saturated rings. The Morgan fingerprint density at radius 3 is 2.21 bits per heavy atom. The fourth-order valence-electron chi connectivity index (χ4n) is 5.93. The van der Waals surface area contributed by atoms with Gasteiger partial charge in [-0.05, 0) is 68.8 Å². The van der Waals surface area contributed by atoms with Crippen LogP contribution in [0.5, 0.6) is 11.5 Å². The highest BCUT2D eigenvalue weighted by Crippen LogP contribution is 2.57. The number of anilines is 3. The molecule has 0 saturated carbocycles. The minimum atomic E-state index is -1.08. The summed E-state index contributed by atoms with van der Waals surface area (Å²) < 4.78 is 13.0. The maximum atomic E-state index is 13.3. The van der Waals surface area contributed by atoms with Gasteiger partial charge in [0.25, 0.3) is 0 Å². The molecule has 5 nitrogen and oxygen atoms in total. The Bertz CT molecular complexity index is 1510. The van der Waals surface area contributed by atoms with Crippen molar-refractivity contribution in [2.45, 2.75) is 39.2 Å². The summed E-state index contributed by atoms with van der Waals surface area (Å²) >= 11 is 0. The molecule has 0 aliphatic carbocycles. The number of ether oxygens (including phenoxy) is 2. The molecule has 0 aromatic heterocycles. The van der Waals surface area contributed by atoms with Crippen molar-refractivity contribution in [3.63, 3.8) is 0 Å². The van der Waals surface area contributed by atoms with Crippen molar-refractivity contribution >= 4 is 23.0 Å². The molecular formula is C34H34N2O3. The highest BCUT2D eigenvalue weighted by atomic mass is 16.6. The van der Waals surface area contributed by atoms with Crippen molar-refractivity contribution in [3.8, 4) is 11.5 Å². The van der Waals surface area contributed by atoms with E-state index >= 15 is 0 Å². The smallest absolute Gasteiger partial charge is 0.340 e. The second-order valence-electron chi connectivity index (χ2n) is 10.1. The number of esters is 1. The summed E-state index contributed by atoms with van der Waals surface area (Å²) in [7, 11) is 0. The maximum Gasteiger partial charge on any atom is 0.340 e. The van der Waals surface area contributed by atoms with E-state index < -0.39 is 5.60 Å². The highest BCUT2D eigenvalue weighted by molar-refractivity contribution is 5.97. The molecule has 0 radical (unpaired) electrons. The molecule has 4 aromatic carbocycles. The van der Waals surface area contributed by atoms with E-state index in [0.717, 1.165) is 72.0 Å². The first-order valence-corrected chi connectivity index (χ1v) is 14.0. The first-order chi connectivity index (χ1) is 19.1. The standard InChI is InChI=1S/C34H34N2O3/c1-4-7-21-36(24-13-9-8-10-14-24)26-18-20-31-30(22-26)34(28-16-12-11-15-27(28)33(37)39-34)29-19-17-25(23-32(29)38-31)35(5-2)6-3/h8-20,22-23H,4-7,21H2,1-3H3. The zero-order valence-corrected chi connectivity index (χ0v) is 22.8. The largest absolute Gasteiger partial charge is 0.456 e. The molecule has 1 spiro atoms. The molecule has 4 aromatic rings. The second-order valence-corrected chi connectivity index (χ2v) is 10.1. The highest BCUT2D eigenvalue weighted by Gasteiger charge is 2.53. The van der Waals surface area contributed by atoms with Gasteiger partial charge < -0.3 is 19.3 Å². The molecule has 0 bridgehead atoms. The van der Waals surface area contributed by atoms with Gasteiger partial charge in [0.15, 0.2) is 5.60 Å². The summed E-state index contributed by atoms with van der Waals surface area (Å²) in [4.78, 5) is 17.9. The lowest BCUT2D eigenvalue weighted by Gasteiger charge is -2.38. The zero-order chi connectivity index (χ0) is 27.0. The number of fused-ring (bicyclic) bond motifs is 6. The molecule has 0 saturated heterocycles. The van der Waals surface area contributed by atoms with Crippen molar-refractivity contribution in [3.05, 3.63) is 113 Å². The van der Waals surface area contributed by atoms with Gasteiger partial charge in [0.05, 0.1) is 5.56 Å². The Labute approximate surface area is 230 Å². The van der Waals surface area contributed by atoms with Gasteiger partial charge in [0.2, 0.25) is 0 Å².